The lowest BCUT2D eigenvalue weighted by Gasteiger charge is -2.12. The van der Waals surface area contributed by atoms with E-state index in [-0.39, 0.29) is 27.0 Å². The molecule has 0 spiro atoms. The molecule has 0 aromatic heterocycles. The molecular weight excluding hydrogens is 335 g/mol. The van der Waals surface area contributed by atoms with Gasteiger partial charge in [0, 0.05) is 16.0 Å². The molecule has 2 nitrogen and oxygen atoms in total. The molecule has 0 heterocycles. The Morgan fingerprint density at radius 3 is 2.59 bits per heavy atom. The molecule has 2 rings (SSSR count). The summed E-state index contributed by atoms with van der Waals surface area (Å²) >= 11 is 6.09. The van der Waals surface area contributed by atoms with Gasteiger partial charge in [0.15, 0.2) is 0 Å². The van der Waals surface area contributed by atoms with Crippen LogP contribution in [-0.2, 0) is 0 Å². The molecule has 0 N–H and O–H groups in total. The van der Waals surface area contributed by atoms with E-state index in [9.17, 15) is 18.4 Å². The zero-order chi connectivity index (χ0) is 16.3. The van der Waals surface area contributed by atoms with Gasteiger partial charge < -0.3 is 4.74 Å². The summed E-state index contributed by atoms with van der Waals surface area (Å²) in [6.45, 7) is 1.55. The second-order valence-corrected chi connectivity index (χ2v) is 5.73. The van der Waals surface area contributed by atoms with E-state index in [1.807, 2.05) is 6.07 Å². The number of rotatable bonds is 4. The van der Waals surface area contributed by atoms with E-state index in [1.165, 1.54) is 18.2 Å². The molecule has 0 aliphatic heterocycles. The average Bonchev–Trinajstić information content (AvgIpc) is 2.41. The van der Waals surface area contributed by atoms with Crippen molar-refractivity contribution in [3.63, 3.8) is 0 Å². The molecule has 22 heavy (non-hydrogen) atoms. The van der Waals surface area contributed by atoms with Crippen molar-refractivity contribution in [3.8, 4) is 17.6 Å². The Kier molecular flexibility index (Phi) is 5.22. The van der Waals surface area contributed by atoms with Crippen LogP contribution in [0.1, 0.15) is 11.1 Å². The van der Waals surface area contributed by atoms with Crippen molar-refractivity contribution >= 4 is 23.4 Å². The molecule has 0 radical (unpaired) electrons. The Bertz CT molecular complexity index is 726. The van der Waals surface area contributed by atoms with Crippen molar-refractivity contribution in [1.82, 2.24) is 0 Å². The topological polar surface area (TPSA) is 33.0 Å². The minimum Gasteiger partial charge on any atom is -0.456 e. The molecule has 0 atom stereocenters. The van der Waals surface area contributed by atoms with E-state index in [2.05, 4.69) is 0 Å². The van der Waals surface area contributed by atoms with Crippen LogP contribution in [0.5, 0.6) is 11.5 Å². The van der Waals surface area contributed by atoms with Gasteiger partial charge in [0.2, 0.25) is 0 Å². The highest BCUT2D eigenvalue weighted by Crippen LogP contribution is 2.36. The van der Waals surface area contributed by atoms with Crippen LogP contribution >= 0.6 is 23.4 Å². The number of alkyl halides is 2. The molecule has 0 aliphatic rings. The predicted molar refractivity (Wildman–Crippen MR) is 79.2 cm³/mol. The predicted octanol–water partition coefficient (Wildman–Crippen LogP) is 5.77. The van der Waals surface area contributed by atoms with Crippen LogP contribution in [0.2, 0.25) is 5.02 Å². The Hall–Kier alpha value is -1.84. The van der Waals surface area contributed by atoms with E-state index in [4.69, 9.17) is 16.3 Å². The van der Waals surface area contributed by atoms with Gasteiger partial charge in [-0.1, -0.05) is 23.4 Å². The maximum absolute atomic E-state index is 13.3. The lowest BCUT2D eigenvalue weighted by molar-refractivity contribution is 0.252. The highest BCUT2D eigenvalue weighted by molar-refractivity contribution is 7.99. The second-order valence-electron chi connectivity index (χ2n) is 4.26. The number of nitrogens with zero attached hydrogens (tertiary/aromatic N) is 1. The number of benzene rings is 2. The summed E-state index contributed by atoms with van der Waals surface area (Å²) in [4.78, 5) is 0.288. The van der Waals surface area contributed by atoms with Gasteiger partial charge in [0.25, 0.3) is 5.76 Å². The highest BCUT2D eigenvalue weighted by atomic mass is 35.5. The summed E-state index contributed by atoms with van der Waals surface area (Å²) in [5.41, 5.74) is 0.499. The van der Waals surface area contributed by atoms with Gasteiger partial charge >= 0.3 is 0 Å². The SMILES string of the molecule is Cc1c(SC(F)F)ccc(Oc2cc(F)cc(Cl)c2)c1C#N. The third-order valence-electron chi connectivity index (χ3n) is 2.77. The number of thioether (sulfide) groups is 1. The first kappa shape index (κ1) is 16.5. The number of nitriles is 1. The van der Waals surface area contributed by atoms with Crippen LogP contribution < -0.4 is 4.74 Å². The zero-order valence-electron chi connectivity index (χ0n) is 11.2. The normalized spacial score (nSPS) is 10.6. The fourth-order valence-electron chi connectivity index (χ4n) is 1.83. The fourth-order valence-corrected chi connectivity index (χ4v) is 2.66. The van der Waals surface area contributed by atoms with Gasteiger partial charge in [0.05, 0.1) is 5.56 Å². The third kappa shape index (κ3) is 3.87. The summed E-state index contributed by atoms with van der Waals surface area (Å²) in [6, 6.07) is 8.37. The molecule has 0 bridgehead atoms. The van der Waals surface area contributed by atoms with E-state index < -0.39 is 11.6 Å². The number of ether oxygens (including phenoxy) is 1. The monoisotopic (exact) mass is 343 g/mol. The van der Waals surface area contributed by atoms with Crippen molar-refractivity contribution in [3.05, 3.63) is 52.3 Å². The van der Waals surface area contributed by atoms with Crippen LogP contribution in [0.4, 0.5) is 13.2 Å². The van der Waals surface area contributed by atoms with Gasteiger partial charge in [0.1, 0.15) is 23.4 Å². The van der Waals surface area contributed by atoms with Crippen LogP contribution in [0.15, 0.2) is 35.2 Å². The lowest BCUT2D eigenvalue weighted by atomic mass is 10.1. The molecule has 0 aliphatic carbocycles. The van der Waals surface area contributed by atoms with Gasteiger partial charge in [-0.25, -0.2) is 4.39 Å². The molecule has 114 valence electrons. The van der Waals surface area contributed by atoms with Crippen molar-refractivity contribution in [2.75, 3.05) is 0 Å². The van der Waals surface area contributed by atoms with Crippen LogP contribution in [-0.4, -0.2) is 5.76 Å². The minimum absolute atomic E-state index is 0.117. The Labute approximate surface area is 134 Å². The zero-order valence-corrected chi connectivity index (χ0v) is 12.8. The first-order valence-corrected chi connectivity index (χ1v) is 7.29. The van der Waals surface area contributed by atoms with Crippen molar-refractivity contribution < 1.29 is 17.9 Å². The standard InChI is InChI=1S/C15H9ClF3NOS/c1-8-12(7-20)13(2-3-14(8)22-15(18)19)21-11-5-9(16)4-10(17)6-11/h2-6,15H,1H3. The van der Waals surface area contributed by atoms with Crippen LogP contribution in [0.3, 0.4) is 0 Å². The summed E-state index contributed by atoms with van der Waals surface area (Å²) in [5.74, 6) is -2.89. The largest absolute Gasteiger partial charge is 0.456 e. The third-order valence-corrected chi connectivity index (χ3v) is 3.86. The maximum Gasteiger partial charge on any atom is 0.288 e. The Morgan fingerprint density at radius 2 is 2.00 bits per heavy atom. The summed E-state index contributed by atoms with van der Waals surface area (Å²) in [5, 5.41) is 9.37. The first-order chi connectivity index (χ1) is 10.4. The van der Waals surface area contributed by atoms with Crippen molar-refractivity contribution in [2.24, 2.45) is 0 Å². The maximum atomic E-state index is 13.3. The van der Waals surface area contributed by atoms with Gasteiger partial charge in [-0.05, 0) is 36.8 Å². The molecule has 0 amide bonds. The molecule has 0 unspecified atom stereocenters. The molecule has 0 fully saturated rings. The molecule has 7 heteroatoms. The van der Waals surface area contributed by atoms with Crippen LogP contribution in [0, 0.1) is 24.1 Å². The molecule has 2 aromatic rings. The highest BCUT2D eigenvalue weighted by Gasteiger charge is 2.15. The van der Waals surface area contributed by atoms with Crippen molar-refractivity contribution in [1.29, 1.82) is 5.26 Å². The second kappa shape index (κ2) is 6.95. The van der Waals surface area contributed by atoms with Crippen molar-refractivity contribution in [2.45, 2.75) is 17.6 Å². The van der Waals surface area contributed by atoms with E-state index in [0.717, 1.165) is 12.1 Å². The Balaban J connectivity index is 2.39. The van der Waals surface area contributed by atoms with E-state index in [1.54, 1.807) is 6.92 Å². The van der Waals surface area contributed by atoms with E-state index >= 15 is 0 Å². The smallest absolute Gasteiger partial charge is 0.288 e. The van der Waals surface area contributed by atoms with E-state index in [0.29, 0.717) is 17.3 Å². The Morgan fingerprint density at radius 1 is 1.27 bits per heavy atom. The molecule has 2 aromatic carbocycles. The van der Waals surface area contributed by atoms with Gasteiger partial charge in [-0.3, -0.25) is 0 Å². The van der Waals surface area contributed by atoms with Gasteiger partial charge in [-0.15, -0.1) is 0 Å². The molecule has 0 saturated heterocycles. The fraction of sp³-hybridized carbons (Fsp3) is 0.133. The first-order valence-electron chi connectivity index (χ1n) is 6.03. The summed E-state index contributed by atoms with van der Waals surface area (Å²) in [7, 11) is 0. The quantitative estimate of drug-likeness (QED) is 0.661. The number of hydrogen-bond donors (Lipinski definition) is 0. The lowest BCUT2D eigenvalue weighted by Crippen LogP contribution is -1.95. The molecule has 0 saturated carbocycles. The average molecular weight is 344 g/mol. The minimum atomic E-state index is -2.58. The number of hydrogen-bond acceptors (Lipinski definition) is 3. The molecular formula is C15H9ClF3NOS. The number of halogens is 4. The summed E-state index contributed by atoms with van der Waals surface area (Å²) in [6.07, 6.45) is 0. The van der Waals surface area contributed by atoms with Gasteiger partial charge in [-0.2, -0.15) is 14.0 Å². The summed E-state index contributed by atoms with van der Waals surface area (Å²) < 4.78 is 43.7. The van der Waals surface area contributed by atoms with Crippen LogP contribution in [0.25, 0.3) is 0 Å².